The molecule has 19 heteroatoms. The predicted octanol–water partition coefficient (Wildman–Crippen LogP) is 19.3. The van der Waals surface area contributed by atoms with E-state index < -0.39 is 0 Å². The van der Waals surface area contributed by atoms with Gasteiger partial charge in [0.15, 0.2) is 0 Å². The van der Waals surface area contributed by atoms with Crippen molar-refractivity contribution in [3.63, 3.8) is 0 Å². The summed E-state index contributed by atoms with van der Waals surface area (Å²) in [4.78, 5) is 29.8. The number of rotatable bonds is 2. The van der Waals surface area contributed by atoms with Gasteiger partial charge < -0.3 is 0 Å². The minimum Gasteiger partial charge on any atom is -0.289 e. The first kappa shape index (κ1) is 107. The van der Waals surface area contributed by atoms with E-state index in [1.165, 1.54) is 30.1 Å². The molecule has 0 unspecified atom stereocenters. The van der Waals surface area contributed by atoms with Crippen molar-refractivity contribution < 1.29 is 32.7 Å². The van der Waals surface area contributed by atoms with Gasteiger partial charge in [-0.25, -0.2) is 15.0 Å². The van der Waals surface area contributed by atoms with E-state index in [4.69, 9.17) is 0 Å². The largest absolute Gasteiger partial charge is 0.289 e. The van der Waals surface area contributed by atoms with Gasteiger partial charge in [-0.3, -0.25) is 30.0 Å². The molecule has 9 aromatic rings. The maximum absolute atomic E-state index is 3.85. The SMILES string of the molecule is C1=CCC=C1.C1=CCN=C1.C1=CN=CC1.CC.CC.CC.CC.CC.CC.CC.CC.CC.CC.CC.[Y].[c-]1ccccc1Cc1[c-]cccc1.c1ccncc1.c1ccnnc1.c1cn[nH]n1.c1cnccn1.c1cncnc1.c1cnnnc1.c1nc[nH]n1. The van der Waals surface area contributed by atoms with Crippen LogP contribution in [0.15, 0.2) is 255 Å². The van der Waals surface area contributed by atoms with E-state index >= 15 is 0 Å². The Balaban J connectivity index is -0.0000000842. The number of allylic oxidation sites excluding steroid dienone is 6. The van der Waals surface area contributed by atoms with Crippen LogP contribution in [-0.2, 0) is 39.1 Å². The zero-order valence-electron chi connectivity index (χ0n) is 59.8. The second-order valence-corrected chi connectivity index (χ2v) is 11.8. The van der Waals surface area contributed by atoms with Crippen LogP contribution in [0.2, 0.25) is 0 Å². The van der Waals surface area contributed by atoms with E-state index in [9.17, 15) is 0 Å². The first-order valence-electron chi connectivity index (χ1n) is 31.6. The van der Waals surface area contributed by atoms with Crippen molar-refractivity contribution in [3.05, 3.63) is 269 Å². The molecule has 1 radical (unpaired) electrons. The number of aromatic amines is 2. The normalized spacial score (nSPS) is 8.55. The molecule has 0 amide bonds. The predicted molar refractivity (Wildman–Crippen MR) is 389 cm³/mol. The molecule has 91 heavy (non-hydrogen) atoms. The van der Waals surface area contributed by atoms with Gasteiger partial charge in [0.25, 0.3) is 0 Å². The average molecular weight is 1320 g/mol. The van der Waals surface area contributed by atoms with Crippen LogP contribution in [0.1, 0.15) is 176 Å². The number of hydrogen-bond donors (Lipinski definition) is 2. The van der Waals surface area contributed by atoms with Gasteiger partial charge in [-0.2, -0.15) is 102 Å². The minimum atomic E-state index is 0. The molecule has 0 bridgehead atoms. The van der Waals surface area contributed by atoms with Crippen molar-refractivity contribution in [3.8, 4) is 0 Å². The summed E-state index contributed by atoms with van der Waals surface area (Å²) in [6.45, 7) is 44.9. The number of aromatic nitrogens is 16. The van der Waals surface area contributed by atoms with Crippen molar-refractivity contribution in [2.45, 2.75) is 172 Å². The summed E-state index contributed by atoms with van der Waals surface area (Å²) in [6, 6.07) is 35.4. The van der Waals surface area contributed by atoms with Crippen LogP contribution in [0.5, 0.6) is 0 Å². The quantitative estimate of drug-likeness (QED) is 0.153. The van der Waals surface area contributed by atoms with Gasteiger partial charge in [0.1, 0.15) is 19.0 Å². The molecule has 2 N–H and O–H groups in total. The summed E-state index contributed by atoms with van der Waals surface area (Å²) in [5, 5.41) is 32.5. The maximum atomic E-state index is 3.85. The molecule has 1 aliphatic carbocycles. The van der Waals surface area contributed by atoms with E-state index in [1.807, 2.05) is 243 Å². The van der Waals surface area contributed by atoms with Gasteiger partial charge in [-0.05, 0) is 60.5 Å². The molecule has 0 spiro atoms. The topological polar surface area (TPSA) is 237 Å². The number of H-pyrrole nitrogens is 2. The molecular weight excluding hydrogens is 1210 g/mol. The zero-order chi connectivity index (χ0) is 69.8. The maximum Gasteiger partial charge on any atom is 0.137 e. The van der Waals surface area contributed by atoms with E-state index in [1.54, 1.807) is 111 Å². The molecule has 2 aromatic carbocycles. The van der Waals surface area contributed by atoms with Crippen LogP contribution in [0, 0.1) is 12.1 Å². The van der Waals surface area contributed by atoms with Crippen LogP contribution in [0.4, 0.5) is 0 Å². The monoisotopic (exact) mass is 1320 g/mol. The number of benzene rings is 2. The molecular formula is C72H118N18Y-2. The van der Waals surface area contributed by atoms with Crippen LogP contribution < -0.4 is 0 Å². The van der Waals surface area contributed by atoms with E-state index in [-0.39, 0.29) is 32.7 Å². The van der Waals surface area contributed by atoms with Gasteiger partial charge in [0.2, 0.25) is 0 Å². The molecule has 0 fully saturated rings. The molecule has 9 heterocycles. The van der Waals surface area contributed by atoms with Crippen molar-refractivity contribution in [1.82, 2.24) is 81.1 Å². The third kappa shape index (κ3) is 116. The molecule has 0 saturated carbocycles. The summed E-state index contributed by atoms with van der Waals surface area (Å²) >= 11 is 0. The standard InChI is InChI=1S/C13H10.C5H5N.C5H6.3C4H4N2.2C4H5N.C3H3N3.2C2H3N3.11C2H6.Y/c1-3-7-12(8-4-1)11-13-9-5-2-6-10-13;1-2-4-6-5-3-1;1-2-4-5-3-1;1-2-6-4-3-5-1;1-2-5-4-6-3-1;1-2-4-6-5-3-1;2*1-2-4-5-3-1;1-2-4-6-5-3-1;1-3-2-5-4-1;1-2-4-5-3-1;11*1-2;/h1-7,9H,11H2;1-5H;1-4H,5H2;3*1-4H;1,3-4H,2H2;1-3H,4H2;1-3H;2*1-2H,(H,3,4,5);11*1-2H3;/q-2;;;;;;;;;;;;;;;;;;;;;;. The first-order chi connectivity index (χ1) is 44.9. The van der Waals surface area contributed by atoms with E-state index in [0.717, 1.165) is 25.8 Å². The van der Waals surface area contributed by atoms with Crippen LogP contribution in [0.3, 0.4) is 0 Å². The fraction of sp³-hybridized carbons (Fsp3) is 0.361. The van der Waals surface area contributed by atoms with Gasteiger partial charge in [0.05, 0.1) is 31.3 Å². The second-order valence-electron chi connectivity index (χ2n) is 11.8. The Kier molecular flexibility index (Phi) is 154. The summed E-state index contributed by atoms with van der Waals surface area (Å²) in [7, 11) is 0. The number of pyridine rings is 1. The summed E-state index contributed by atoms with van der Waals surface area (Å²) in [5.74, 6) is 0. The van der Waals surface area contributed by atoms with Crippen LogP contribution >= 0.6 is 0 Å². The van der Waals surface area contributed by atoms with Gasteiger partial charge in [-0.15, -0.1) is 10.2 Å². The minimum absolute atomic E-state index is 0. The molecule has 12 rings (SSSR count). The Bertz CT molecular complexity index is 1950. The Labute approximate surface area is 579 Å². The third-order valence-electron chi connectivity index (χ3n) is 6.74. The Morgan fingerprint density at radius 2 is 0.813 bits per heavy atom. The average Bonchev–Trinajstić information content (AvgIpc) is 4.63. The Morgan fingerprint density at radius 1 is 0.374 bits per heavy atom. The van der Waals surface area contributed by atoms with Crippen molar-refractivity contribution in [1.29, 1.82) is 0 Å². The Hall–Kier alpha value is -8.48. The van der Waals surface area contributed by atoms with Crippen molar-refractivity contribution >= 4 is 12.4 Å². The van der Waals surface area contributed by atoms with Crippen molar-refractivity contribution in [2.24, 2.45) is 9.98 Å². The van der Waals surface area contributed by atoms with Crippen LogP contribution in [0.25, 0.3) is 0 Å². The number of hydrogen-bond acceptors (Lipinski definition) is 16. The third-order valence-corrected chi connectivity index (χ3v) is 6.74. The fourth-order valence-corrected chi connectivity index (χ4v) is 3.90. The fourth-order valence-electron chi connectivity index (χ4n) is 3.90. The van der Waals surface area contributed by atoms with Gasteiger partial charge in [0, 0.05) is 120 Å². The summed E-state index contributed by atoms with van der Waals surface area (Å²) in [6.07, 6.45) is 50.4. The van der Waals surface area contributed by atoms with Gasteiger partial charge in [-0.1, -0.05) is 195 Å². The Morgan fingerprint density at radius 3 is 0.978 bits per heavy atom. The summed E-state index contributed by atoms with van der Waals surface area (Å²) < 4.78 is 0. The van der Waals surface area contributed by atoms with E-state index in [0.29, 0.717) is 0 Å². The van der Waals surface area contributed by atoms with E-state index in [2.05, 4.69) is 140 Å². The first-order valence-corrected chi connectivity index (χ1v) is 31.6. The second kappa shape index (κ2) is 131. The van der Waals surface area contributed by atoms with Gasteiger partial charge >= 0.3 is 0 Å². The molecule has 3 aliphatic rings. The molecule has 0 saturated heterocycles. The van der Waals surface area contributed by atoms with Crippen molar-refractivity contribution in [2.75, 3.05) is 6.54 Å². The smallest absolute Gasteiger partial charge is 0.137 e. The van der Waals surface area contributed by atoms with Crippen LogP contribution in [-0.4, -0.2) is 100 Å². The molecule has 18 nitrogen and oxygen atoms in total. The zero-order valence-corrected chi connectivity index (χ0v) is 62.6. The molecule has 0 atom stereocenters. The molecule has 7 aromatic heterocycles. The molecule has 501 valence electrons. The summed E-state index contributed by atoms with van der Waals surface area (Å²) in [5.41, 5.74) is 2.43. The number of aliphatic imine (C=N–C) groups is 2. The number of nitrogens with one attached hydrogen (secondary N) is 2. The number of nitrogens with zero attached hydrogens (tertiary/aromatic N) is 16. The molecule has 2 aliphatic heterocycles.